The number of likely N-dealkylation sites (tertiary alicyclic amines) is 1. The van der Waals surface area contributed by atoms with Crippen molar-refractivity contribution in [3.05, 3.63) is 10.6 Å². The van der Waals surface area contributed by atoms with Gasteiger partial charge in [0, 0.05) is 19.5 Å². The van der Waals surface area contributed by atoms with Gasteiger partial charge in [0.15, 0.2) is 0 Å². The van der Waals surface area contributed by atoms with Crippen molar-refractivity contribution in [2.24, 2.45) is 5.92 Å². The third-order valence-corrected chi connectivity index (χ3v) is 4.25. The van der Waals surface area contributed by atoms with Crippen molar-refractivity contribution < 1.29 is 14.7 Å². The van der Waals surface area contributed by atoms with E-state index in [1.165, 1.54) is 0 Å². The second-order valence-electron chi connectivity index (χ2n) is 5.50. The van der Waals surface area contributed by atoms with E-state index in [1.54, 1.807) is 4.90 Å². The number of carbonyl (C=O) groups is 2. The molecule has 6 nitrogen and oxygen atoms in total. The summed E-state index contributed by atoms with van der Waals surface area (Å²) in [5.41, 5.74) is 0.736. The summed E-state index contributed by atoms with van der Waals surface area (Å²) in [6, 6.07) is 0. The first-order chi connectivity index (χ1) is 9.49. The number of carboxylic acids is 1. The molecule has 110 valence electrons. The number of aromatic nitrogens is 2. The number of carbonyl (C=O) groups excluding carboxylic acids is 1. The number of nitrogens with zero attached hydrogens (tertiary/aromatic N) is 3. The van der Waals surface area contributed by atoms with E-state index in [4.69, 9.17) is 5.11 Å². The summed E-state index contributed by atoms with van der Waals surface area (Å²) < 4.78 is 3.88. The molecule has 1 saturated heterocycles. The molecule has 1 aromatic rings. The number of hydrogen-bond donors (Lipinski definition) is 1. The molecule has 0 aromatic carbocycles. The lowest BCUT2D eigenvalue weighted by atomic mass is 9.94. The zero-order valence-electron chi connectivity index (χ0n) is 11.7. The van der Waals surface area contributed by atoms with Crippen LogP contribution in [0.25, 0.3) is 0 Å². The minimum absolute atomic E-state index is 0.0496. The fourth-order valence-electron chi connectivity index (χ4n) is 2.53. The van der Waals surface area contributed by atoms with Crippen LogP contribution in [0.5, 0.6) is 0 Å². The van der Waals surface area contributed by atoms with Crippen LogP contribution >= 0.6 is 11.5 Å². The van der Waals surface area contributed by atoms with E-state index in [0.717, 1.165) is 30.1 Å². The fraction of sp³-hybridized carbons (Fsp3) is 0.692. The van der Waals surface area contributed by atoms with Gasteiger partial charge in [-0.15, -0.1) is 5.10 Å². The van der Waals surface area contributed by atoms with Gasteiger partial charge >= 0.3 is 5.97 Å². The second-order valence-corrected chi connectivity index (χ2v) is 6.25. The molecular weight excluding hydrogens is 278 g/mol. The summed E-state index contributed by atoms with van der Waals surface area (Å²) in [5, 5.41) is 12.9. The molecule has 0 bridgehead atoms. The average Bonchev–Trinajstić information content (AvgIpc) is 2.86. The molecule has 1 fully saturated rings. The van der Waals surface area contributed by atoms with Crippen LogP contribution in [-0.4, -0.2) is 44.6 Å². The van der Waals surface area contributed by atoms with Crippen LogP contribution in [0, 0.1) is 5.92 Å². The molecule has 1 amide bonds. The van der Waals surface area contributed by atoms with Crippen LogP contribution in [0.1, 0.15) is 54.4 Å². The predicted molar refractivity (Wildman–Crippen MR) is 74.9 cm³/mol. The Balaban J connectivity index is 2.08. The molecule has 2 rings (SSSR count). The lowest BCUT2D eigenvalue weighted by molar-refractivity contribution is -0.138. The summed E-state index contributed by atoms with van der Waals surface area (Å²) in [6.07, 6.45) is 1.85. The van der Waals surface area contributed by atoms with Gasteiger partial charge in [0.05, 0.1) is 5.69 Å². The van der Waals surface area contributed by atoms with E-state index in [0.29, 0.717) is 18.0 Å². The van der Waals surface area contributed by atoms with Gasteiger partial charge in [-0.2, -0.15) is 0 Å². The minimum Gasteiger partial charge on any atom is -0.481 e. The highest BCUT2D eigenvalue weighted by atomic mass is 32.1. The Bertz CT molecular complexity index is 501. The molecule has 20 heavy (non-hydrogen) atoms. The average molecular weight is 297 g/mol. The standard InChI is InChI=1S/C13H19N3O3S/c1-8(2)11-12(20-15-14-11)13(19)16-5-3-4-9(7-16)6-10(17)18/h8-9H,3-7H2,1-2H3,(H,17,18). The van der Waals surface area contributed by atoms with Gasteiger partial charge in [-0.3, -0.25) is 9.59 Å². The summed E-state index contributed by atoms with van der Waals surface area (Å²) in [4.78, 5) is 25.7. The smallest absolute Gasteiger partial charge is 0.303 e. The van der Waals surface area contributed by atoms with Gasteiger partial charge < -0.3 is 10.0 Å². The maximum absolute atomic E-state index is 12.5. The van der Waals surface area contributed by atoms with Crippen molar-refractivity contribution >= 4 is 23.4 Å². The van der Waals surface area contributed by atoms with Crippen molar-refractivity contribution in [2.45, 2.75) is 39.0 Å². The molecule has 0 spiro atoms. The van der Waals surface area contributed by atoms with Gasteiger partial charge in [-0.1, -0.05) is 18.3 Å². The van der Waals surface area contributed by atoms with Gasteiger partial charge in [0.25, 0.3) is 5.91 Å². The zero-order valence-corrected chi connectivity index (χ0v) is 12.5. The largest absolute Gasteiger partial charge is 0.481 e. The SMILES string of the molecule is CC(C)c1nnsc1C(=O)N1CCCC(CC(=O)O)C1. The third kappa shape index (κ3) is 3.33. The van der Waals surface area contributed by atoms with Crippen LogP contribution in [0.2, 0.25) is 0 Å². The Kier molecular flexibility index (Phi) is 4.69. The lowest BCUT2D eigenvalue weighted by Crippen LogP contribution is -2.40. The molecule has 1 unspecified atom stereocenters. The Morgan fingerprint density at radius 3 is 2.90 bits per heavy atom. The monoisotopic (exact) mass is 297 g/mol. The maximum Gasteiger partial charge on any atom is 0.303 e. The molecule has 0 saturated carbocycles. The van der Waals surface area contributed by atoms with Crippen LogP contribution in [-0.2, 0) is 4.79 Å². The summed E-state index contributed by atoms with van der Waals surface area (Å²) in [5.74, 6) is -0.647. The maximum atomic E-state index is 12.5. The van der Waals surface area contributed by atoms with E-state index in [1.807, 2.05) is 13.8 Å². The molecular formula is C13H19N3O3S. The minimum atomic E-state index is -0.799. The molecule has 0 radical (unpaired) electrons. The normalized spacial score (nSPS) is 19.4. The number of aliphatic carboxylic acids is 1. The van der Waals surface area contributed by atoms with Crippen LogP contribution in [0.3, 0.4) is 0 Å². The van der Waals surface area contributed by atoms with Crippen LogP contribution in [0.15, 0.2) is 0 Å². The molecule has 1 N–H and O–H groups in total. The Morgan fingerprint density at radius 2 is 2.25 bits per heavy atom. The second kappa shape index (κ2) is 6.30. The number of carboxylic acid groups (broad SMARTS) is 1. The van der Waals surface area contributed by atoms with E-state index in [-0.39, 0.29) is 24.2 Å². The zero-order chi connectivity index (χ0) is 14.7. The summed E-state index contributed by atoms with van der Waals surface area (Å²) in [6.45, 7) is 5.17. The first kappa shape index (κ1) is 14.9. The topological polar surface area (TPSA) is 83.4 Å². The van der Waals surface area contributed by atoms with Gasteiger partial charge in [-0.05, 0) is 36.2 Å². The highest BCUT2D eigenvalue weighted by molar-refractivity contribution is 7.08. The fourth-order valence-corrected chi connectivity index (χ4v) is 3.32. The predicted octanol–water partition coefficient (Wildman–Crippen LogP) is 1.99. The van der Waals surface area contributed by atoms with E-state index in [9.17, 15) is 9.59 Å². The highest BCUT2D eigenvalue weighted by Gasteiger charge is 2.29. The van der Waals surface area contributed by atoms with Crippen LogP contribution in [0.4, 0.5) is 0 Å². The van der Waals surface area contributed by atoms with Crippen molar-refractivity contribution in [1.82, 2.24) is 14.5 Å². The molecule has 1 atom stereocenters. The third-order valence-electron chi connectivity index (χ3n) is 3.52. The first-order valence-corrected chi connectivity index (χ1v) is 7.59. The highest BCUT2D eigenvalue weighted by Crippen LogP contribution is 2.25. The molecule has 7 heteroatoms. The molecule has 1 aliphatic rings. The van der Waals surface area contributed by atoms with Crippen LogP contribution < -0.4 is 0 Å². The molecule has 0 aliphatic carbocycles. The summed E-state index contributed by atoms with van der Waals surface area (Å²) in [7, 11) is 0. The number of piperidine rings is 1. The first-order valence-electron chi connectivity index (χ1n) is 6.82. The number of hydrogen-bond acceptors (Lipinski definition) is 5. The van der Waals surface area contributed by atoms with E-state index >= 15 is 0 Å². The number of rotatable bonds is 4. The Morgan fingerprint density at radius 1 is 1.50 bits per heavy atom. The van der Waals surface area contributed by atoms with Crippen molar-refractivity contribution in [3.63, 3.8) is 0 Å². The van der Waals surface area contributed by atoms with Gasteiger partial charge in [-0.25, -0.2) is 0 Å². The lowest BCUT2D eigenvalue weighted by Gasteiger charge is -2.31. The Labute approximate surface area is 122 Å². The van der Waals surface area contributed by atoms with Gasteiger partial charge in [0.2, 0.25) is 0 Å². The van der Waals surface area contributed by atoms with Crippen molar-refractivity contribution in [3.8, 4) is 0 Å². The van der Waals surface area contributed by atoms with E-state index in [2.05, 4.69) is 9.59 Å². The summed E-state index contributed by atoms with van der Waals surface area (Å²) >= 11 is 1.13. The van der Waals surface area contributed by atoms with Gasteiger partial charge in [0.1, 0.15) is 4.88 Å². The Hall–Kier alpha value is -1.50. The molecule has 2 heterocycles. The van der Waals surface area contributed by atoms with Crippen molar-refractivity contribution in [2.75, 3.05) is 13.1 Å². The number of amides is 1. The molecule has 1 aromatic heterocycles. The molecule has 1 aliphatic heterocycles. The van der Waals surface area contributed by atoms with E-state index < -0.39 is 5.97 Å². The van der Waals surface area contributed by atoms with Crippen molar-refractivity contribution in [1.29, 1.82) is 0 Å². The quantitative estimate of drug-likeness (QED) is 0.918.